The molecular weight excluding hydrogens is 364 g/mol. The summed E-state index contributed by atoms with van der Waals surface area (Å²) in [6.45, 7) is 12.8. The van der Waals surface area contributed by atoms with Crippen LogP contribution in [0.4, 0.5) is 0 Å². The normalized spacial score (nSPS) is 11.5. The van der Waals surface area contributed by atoms with Crippen LogP contribution in [0, 0.1) is 20.8 Å². The van der Waals surface area contributed by atoms with Gasteiger partial charge in [0.05, 0.1) is 0 Å². The summed E-state index contributed by atoms with van der Waals surface area (Å²) in [5, 5.41) is 0.736. The van der Waals surface area contributed by atoms with E-state index in [4.69, 9.17) is 4.74 Å². The van der Waals surface area contributed by atoms with Gasteiger partial charge in [0.25, 0.3) is 0 Å². The molecule has 0 atom stereocenters. The molecule has 0 amide bonds. The molecule has 146 valence electrons. The molecule has 0 N–H and O–H groups in total. The number of ether oxygens (including phenoxy) is 1. The maximum absolute atomic E-state index is 6.05. The Labute approximate surface area is 172 Å². The van der Waals surface area contributed by atoms with E-state index in [1.54, 1.807) is 11.8 Å². The average molecular weight is 393 g/mol. The summed E-state index contributed by atoms with van der Waals surface area (Å²) in [4.78, 5) is 9.16. The Morgan fingerprint density at radius 3 is 2.32 bits per heavy atom. The molecule has 0 bridgehead atoms. The molecule has 0 aliphatic rings. The number of thioether (sulfide) groups is 1. The van der Waals surface area contributed by atoms with Gasteiger partial charge in [0.15, 0.2) is 5.16 Å². The first-order valence-corrected chi connectivity index (χ1v) is 10.5. The summed E-state index contributed by atoms with van der Waals surface area (Å²) >= 11 is 1.63. The quantitative estimate of drug-likeness (QED) is 0.354. The molecule has 0 unspecified atom stereocenters. The van der Waals surface area contributed by atoms with Crippen molar-refractivity contribution in [1.29, 1.82) is 0 Å². The van der Waals surface area contributed by atoms with E-state index in [1.165, 1.54) is 16.7 Å². The van der Waals surface area contributed by atoms with Gasteiger partial charge in [-0.25, -0.2) is 4.98 Å². The Kier molecular flexibility index (Phi) is 6.09. The molecule has 4 heteroatoms. The fourth-order valence-corrected chi connectivity index (χ4v) is 3.68. The van der Waals surface area contributed by atoms with Crippen LogP contribution in [0.5, 0.6) is 11.6 Å². The van der Waals surface area contributed by atoms with Crippen molar-refractivity contribution < 1.29 is 4.74 Å². The van der Waals surface area contributed by atoms with E-state index in [0.717, 1.165) is 27.9 Å². The zero-order valence-electron chi connectivity index (χ0n) is 17.5. The molecule has 0 aliphatic heterocycles. The Morgan fingerprint density at radius 1 is 0.929 bits per heavy atom. The zero-order valence-corrected chi connectivity index (χ0v) is 18.4. The molecule has 3 rings (SSSR count). The van der Waals surface area contributed by atoms with Crippen LogP contribution >= 0.6 is 11.8 Å². The van der Waals surface area contributed by atoms with E-state index in [1.807, 2.05) is 25.1 Å². The van der Waals surface area contributed by atoms with Crippen molar-refractivity contribution in [3.63, 3.8) is 0 Å². The minimum absolute atomic E-state index is 0.172. The maximum Gasteiger partial charge on any atom is 0.223 e. The molecule has 0 fully saturated rings. The van der Waals surface area contributed by atoms with Gasteiger partial charge in [-0.3, -0.25) is 0 Å². The van der Waals surface area contributed by atoms with Crippen LogP contribution in [0.3, 0.4) is 0 Å². The number of aromatic nitrogens is 2. The Morgan fingerprint density at radius 2 is 1.64 bits per heavy atom. The first-order valence-electron chi connectivity index (χ1n) is 9.54. The first-order chi connectivity index (χ1) is 13.2. The standard InChI is InChI=1S/C24H28N2OS/c1-16-8-7-9-21(18(16)3)27-22-14-17(2)25-23(26-22)28-15-19-10-12-20(13-11-19)24(4,5)6/h7-14H,15H2,1-6H3. The van der Waals surface area contributed by atoms with Crippen LogP contribution in [0.1, 0.15) is 48.7 Å². The number of aryl methyl sites for hydroxylation is 2. The fraction of sp³-hybridized carbons (Fsp3) is 0.333. The van der Waals surface area contributed by atoms with Gasteiger partial charge in [0.2, 0.25) is 5.88 Å². The van der Waals surface area contributed by atoms with E-state index < -0.39 is 0 Å². The lowest BCUT2D eigenvalue weighted by Crippen LogP contribution is -2.10. The zero-order chi connectivity index (χ0) is 20.3. The molecule has 0 saturated heterocycles. The van der Waals surface area contributed by atoms with Gasteiger partial charge in [-0.05, 0) is 54.5 Å². The molecule has 3 aromatic rings. The molecule has 0 saturated carbocycles. The minimum Gasteiger partial charge on any atom is -0.439 e. The van der Waals surface area contributed by atoms with Crippen molar-refractivity contribution in [1.82, 2.24) is 9.97 Å². The summed E-state index contributed by atoms with van der Waals surface area (Å²) in [5.41, 5.74) is 6.02. The van der Waals surface area contributed by atoms with Gasteiger partial charge in [-0.1, -0.05) is 68.9 Å². The van der Waals surface area contributed by atoms with Gasteiger partial charge in [0.1, 0.15) is 5.75 Å². The maximum atomic E-state index is 6.05. The lowest BCUT2D eigenvalue weighted by atomic mass is 9.87. The minimum atomic E-state index is 0.172. The molecule has 0 spiro atoms. The third kappa shape index (κ3) is 5.14. The number of hydrogen-bond donors (Lipinski definition) is 0. The van der Waals surface area contributed by atoms with Gasteiger partial charge >= 0.3 is 0 Å². The Bertz CT molecular complexity index is 959. The highest BCUT2D eigenvalue weighted by Crippen LogP contribution is 2.29. The third-order valence-electron chi connectivity index (χ3n) is 4.77. The highest BCUT2D eigenvalue weighted by atomic mass is 32.2. The summed E-state index contributed by atoms with van der Waals surface area (Å²) in [7, 11) is 0. The second kappa shape index (κ2) is 8.36. The number of nitrogens with zero attached hydrogens (tertiary/aromatic N) is 2. The molecule has 1 aromatic heterocycles. The summed E-state index contributed by atoms with van der Waals surface area (Å²) in [6, 6.07) is 16.7. The average Bonchev–Trinajstić information content (AvgIpc) is 2.63. The van der Waals surface area contributed by atoms with Crippen LogP contribution in [0.25, 0.3) is 0 Å². The second-order valence-electron chi connectivity index (χ2n) is 8.17. The van der Waals surface area contributed by atoms with Crippen molar-refractivity contribution >= 4 is 11.8 Å². The largest absolute Gasteiger partial charge is 0.439 e. The monoisotopic (exact) mass is 392 g/mol. The van der Waals surface area contributed by atoms with E-state index in [2.05, 4.69) is 74.9 Å². The van der Waals surface area contributed by atoms with E-state index in [0.29, 0.717) is 5.88 Å². The summed E-state index contributed by atoms with van der Waals surface area (Å²) in [6.07, 6.45) is 0. The highest BCUT2D eigenvalue weighted by Gasteiger charge is 2.13. The molecule has 0 radical (unpaired) electrons. The SMILES string of the molecule is Cc1cc(Oc2cccc(C)c2C)nc(SCc2ccc(C(C)(C)C)cc2)n1. The van der Waals surface area contributed by atoms with Crippen LogP contribution < -0.4 is 4.74 Å². The van der Waals surface area contributed by atoms with Gasteiger partial charge in [-0.2, -0.15) is 4.98 Å². The lowest BCUT2D eigenvalue weighted by Gasteiger charge is -2.19. The van der Waals surface area contributed by atoms with Crippen molar-refractivity contribution in [3.05, 3.63) is 76.5 Å². The van der Waals surface area contributed by atoms with E-state index in [9.17, 15) is 0 Å². The van der Waals surface area contributed by atoms with Gasteiger partial charge in [-0.15, -0.1) is 0 Å². The third-order valence-corrected chi connectivity index (χ3v) is 5.69. The van der Waals surface area contributed by atoms with Gasteiger partial charge < -0.3 is 4.74 Å². The topological polar surface area (TPSA) is 35.0 Å². The van der Waals surface area contributed by atoms with E-state index >= 15 is 0 Å². The predicted octanol–water partition coefficient (Wildman–Crippen LogP) is 6.78. The Balaban J connectivity index is 1.72. The summed E-state index contributed by atoms with van der Waals surface area (Å²) < 4.78 is 6.05. The Hall–Kier alpha value is -2.33. The van der Waals surface area contributed by atoms with Gasteiger partial charge in [0, 0.05) is 17.5 Å². The lowest BCUT2D eigenvalue weighted by molar-refractivity contribution is 0.451. The van der Waals surface area contributed by atoms with Crippen molar-refractivity contribution in [2.75, 3.05) is 0 Å². The number of benzene rings is 2. The van der Waals surface area contributed by atoms with E-state index in [-0.39, 0.29) is 5.41 Å². The van der Waals surface area contributed by atoms with Crippen LogP contribution in [-0.2, 0) is 11.2 Å². The molecule has 28 heavy (non-hydrogen) atoms. The predicted molar refractivity (Wildman–Crippen MR) is 117 cm³/mol. The van der Waals surface area contributed by atoms with Crippen LogP contribution in [-0.4, -0.2) is 9.97 Å². The first kappa shape index (κ1) is 20.4. The molecular formula is C24H28N2OS. The van der Waals surface area contributed by atoms with Crippen molar-refractivity contribution in [2.45, 2.75) is 57.9 Å². The van der Waals surface area contributed by atoms with Crippen LogP contribution in [0.15, 0.2) is 53.7 Å². The number of hydrogen-bond acceptors (Lipinski definition) is 4. The van der Waals surface area contributed by atoms with Crippen molar-refractivity contribution in [3.8, 4) is 11.6 Å². The molecule has 3 nitrogen and oxygen atoms in total. The highest BCUT2D eigenvalue weighted by molar-refractivity contribution is 7.98. The second-order valence-corrected chi connectivity index (χ2v) is 9.11. The fourth-order valence-electron chi connectivity index (χ4n) is 2.83. The summed E-state index contributed by atoms with van der Waals surface area (Å²) in [5.74, 6) is 2.26. The molecule has 2 aromatic carbocycles. The molecule has 1 heterocycles. The molecule has 0 aliphatic carbocycles. The smallest absolute Gasteiger partial charge is 0.223 e. The van der Waals surface area contributed by atoms with Crippen molar-refractivity contribution in [2.24, 2.45) is 0 Å². The van der Waals surface area contributed by atoms with Crippen LogP contribution in [0.2, 0.25) is 0 Å². The number of rotatable bonds is 5.